The molecule has 0 saturated carbocycles. The number of allylic oxidation sites excluding steroid dienone is 1. The Labute approximate surface area is 234 Å². The number of halogens is 6. The van der Waals surface area contributed by atoms with E-state index in [-0.39, 0.29) is 5.70 Å². The van der Waals surface area contributed by atoms with Crippen LogP contribution in [0.25, 0.3) is 55.0 Å². The first kappa shape index (κ1) is 26.7. The number of nitrogens with zero attached hydrogens (tertiary/aromatic N) is 4. The van der Waals surface area contributed by atoms with Gasteiger partial charge >= 0.3 is 12.4 Å². The zero-order chi connectivity index (χ0) is 29.8. The average Bonchev–Trinajstić information content (AvgIpc) is 3.28. The Bertz CT molecular complexity index is 1990. The Balaban J connectivity index is 1.62. The molecule has 4 nitrogen and oxygen atoms in total. The van der Waals surface area contributed by atoms with Crippen LogP contribution in [0.1, 0.15) is 22.4 Å². The molecule has 0 bridgehead atoms. The van der Waals surface area contributed by atoms with E-state index in [1.165, 1.54) is 24.3 Å². The number of rotatable bonds is 2. The van der Waals surface area contributed by atoms with Gasteiger partial charge in [0.15, 0.2) is 0 Å². The molecule has 204 valence electrons. The fourth-order valence-corrected chi connectivity index (χ4v) is 5.03. The van der Waals surface area contributed by atoms with Gasteiger partial charge in [-0.3, -0.25) is 0 Å². The minimum absolute atomic E-state index is 0.167. The Morgan fingerprint density at radius 3 is 1.52 bits per heavy atom. The first-order valence-corrected chi connectivity index (χ1v) is 12.3. The summed E-state index contributed by atoms with van der Waals surface area (Å²) in [6.07, 6.45) is -9.10. The molecule has 6 rings (SSSR count). The predicted octanol–water partition coefficient (Wildman–Crippen LogP) is 9.18. The van der Waals surface area contributed by atoms with E-state index in [1.807, 2.05) is 6.07 Å². The molecular weight excluding hydrogens is 554 g/mol. The number of alkyl halides is 6. The number of aromatic nitrogens is 2. The van der Waals surface area contributed by atoms with Crippen molar-refractivity contribution in [2.24, 2.45) is 0 Å². The van der Waals surface area contributed by atoms with Crippen molar-refractivity contribution in [3.8, 4) is 39.6 Å². The number of benzene rings is 4. The molecule has 1 aliphatic carbocycles. The third-order valence-electron chi connectivity index (χ3n) is 6.99. The van der Waals surface area contributed by atoms with Crippen molar-refractivity contribution in [3.05, 3.63) is 124 Å². The lowest BCUT2D eigenvalue weighted by Gasteiger charge is -2.15. The number of nitriles is 1. The summed E-state index contributed by atoms with van der Waals surface area (Å²) < 4.78 is 79.5. The van der Waals surface area contributed by atoms with Gasteiger partial charge in [-0.05, 0) is 64.2 Å². The van der Waals surface area contributed by atoms with Crippen LogP contribution in [-0.4, -0.2) is 9.97 Å². The van der Waals surface area contributed by atoms with Gasteiger partial charge in [0.25, 0.3) is 5.70 Å². The molecule has 0 N–H and O–H groups in total. The van der Waals surface area contributed by atoms with E-state index in [1.54, 1.807) is 36.4 Å². The zero-order valence-electron chi connectivity index (χ0n) is 21.1. The summed E-state index contributed by atoms with van der Waals surface area (Å²) in [7, 11) is 0. The molecule has 1 aromatic heterocycles. The first-order chi connectivity index (χ1) is 20.0. The van der Waals surface area contributed by atoms with Crippen LogP contribution in [0.15, 0.2) is 90.6 Å². The number of hydrogen-bond donors (Lipinski definition) is 0. The van der Waals surface area contributed by atoms with Gasteiger partial charge in [0.05, 0.1) is 46.2 Å². The standard InChI is InChI=1S/C32H14F6N4/c1-40-27(16-39)28-21-4-2-3-5-22(21)29-30(28)42-26-15-24(18-8-12-20(13-9-18)32(36,37)38)23(14-25(26)41-29)17-6-10-19(11-7-17)31(33,34)35/h2-15H/b28-27+. The fraction of sp³-hybridized carbons (Fsp3) is 0.0625. The van der Waals surface area contributed by atoms with Crippen LogP contribution in [0.4, 0.5) is 26.3 Å². The second kappa shape index (κ2) is 9.57. The van der Waals surface area contributed by atoms with Crippen molar-refractivity contribution in [1.82, 2.24) is 9.97 Å². The molecule has 0 radical (unpaired) electrons. The smallest absolute Gasteiger partial charge is 0.245 e. The molecule has 0 unspecified atom stereocenters. The quantitative estimate of drug-likeness (QED) is 0.119. The summed E-state index contributed by atoms with van der Waals surface area (Å²) in [6.45, 7) is 7.50. The molecule has 42 heavy (non-hydrogen) atoms. The van der Waals surface area contributed by atoms with Gasteiger partial charge in [-0.25, -0.2) is 20.1 Å². The van der Waals surface area contributed by atoms with E-state index in [4.69, 9.17) is 16.5 Å². The molecule has 0 atom stereocenters. The molecule has 1 heterocycles. The molecule has 4 aromatic carbocycles. The summed E-state index contributed by atoms with van der Waals surface area (Å²) >= 11 is 0. The molecule has 0 spiro atoms. The summed E-state index contributed by atoms with van der Waals surface area (Å²) in [5.74, 6) is 0. The largest absolute Gasteiger partial charge is 0.416 e. The van der Waals surface area contributed by atoms with Crippen molar-refractivity contribution >= 4 is 16.6 Å². The monoisotopic (exact) mass is 568 g/mol. The molecule has 0 saturated heterocycles. The third-order valence-corrected chi connectivity index (χ3v) is 6.99. The van der Waals surface area contributed by atoms with Crippen molar-refractivity contribution in [2.45, 2.75) is 12.4 Å². The highest BCUT2D eigenvalue weighted by molar-refractivity contribution is 6.03. The molecule has 0 amide bonds. The van der Waals surface area contributed by atoms with Crippen LogP contribution in [0, 0.1) is 17.9 Å². The maximum Gasteiger partial charge on any atom is 0.416 e. The highest BCUT2D eigenvalue weighted by atomic mass is 19.4. The Morgan fingerprint density at radius 2 is 1.10 bits per heavy atom. The van der Waals surface area contributed by atoms with E-state index < -0.39 is 23.5 Å². The lowest BCUT2D eigenvalue weighted by molar-refractivity contribution is -0.138. The second-order valence-corrected chi connectivity index (χ2v) is 9.45. The van der Waals surface area contributed by atoms with E-state index in [0.717, 1.165) is 24.3 Å². The van der Waals surface area contributed by atoms with E-state index in [9.17, 15) is 31.6 Å². The molecule has 0 fully saturated rings. The zero-order valence-corrected chi connectivity index (χ0v) is 21.1. The molecule has 0 aliphatic heterocycles. The van der Waals surface area contributed by atoms with Crippen molar-refractivity contribution in [1.29, 1.82) is 5.26 Å². The maximum absolute atomic E-state index is 13.3. The minimum atomic E-state index is -4.55. The summed E-state index contributed by atoms with van der Waals surface area (Å²) in [5, 5.41) is 9.64. The van der Waals surface area contributed by atoms with Gasteiger partial charge in [-0.1, -0.05) is 48.5 Å². The van der Waals surface area contributed by atoms with Gasteiger partial charge in [0, 0.05) is 11.1 Å². The second-order valence-electron chi connectivity index (χ2n) is 9.45. The number of fused-ring (bicyclic) bond motifs is 4. The first-order valence-electron chi connectivity index (χ1n) is 12.3. The van der Waals surface area contributed by atoms with Gasteiger partial charge in [-0.2, -0.15) is 26.3 Å². The van der Waals surface area contributed by atoms with Gasteiger partial charge in [0.2, 0.25) is 0 Å². The van der Waals surface area contributed by atoms with Crippen molar-refractivity contribution in [3.63, 3.8) is 0 Å². The molecule has 10 heteroatoms. The minimum Gasteiger partial charge on any atom is -0.245 e. The molecule has 1 aliphatic rings. The number of hydrogen-bond acceptors (Lipinski definition) is 3. The summed E-state index contributed by atoms with van der Waals surface area (Å²) in [4.78, 5) is 12.9. The van der Waals surface area contributed by atoms with Gasteiger partial charge in [0.1, 0.15) is 0 Å². The molecule has 5 aromatic rings. The summed E-state index contributed by atoms with van der Waals surface area (Å²) in [6, 6.07) is 21.1. The predicted molar refractivity (Wildman–Crippen MR) is 144 cm³/mol. The Morgan fingerprint density at radius 1 is 0.643 bits per heavy atom. The Kier molecular flexibility index (Phi) is 6.09. The molecular formula is C32H14F6N4. The van der Waals surface area contributed by atoms with E-state index >= 15 is 0 Å². The maximum atomic E-state index is 13.3. The average molecular weight is 568 g/mol. The third kappa shape index (κ3) is 4.43. The Hall–Kier alpha value is -5.48. The van der Waals surface area contributed by atoms with Crippen LogP contribution < -0.4 is 0 Å². The van der Waals surface area contributed by atoms with Gasteiger partial charge < -0.3 is 0 Å². The lowest BCUT2D eigenvalue weighted by Crippen LogP contribution is -2.04. The topological polar surface area (TPSA) is 53.9 Å². The van der Waals surface area contributed by atoms with Crippen LogP contribution in [0.2, 0.25) is 0 Å². The lowest BCUT2D eigenvalue weighted by atomic mass is 9.92. The van der Waals surface area contributed by atoms with Crippen LogP contribution in [0.3, 0.4) is 0 Å². The highest BCUT2D eigenvalue weighted by Crippen LogP contribution is 2.46. The van der Waals surface area contributed by atoms with E-state index in [0.29, 0.717) is 61.4 Å². The SMILES string of the molecule is [C-]#[N+]/C(C#N)=C1\c2ccccc2-c2nc3cc(-c4ccc(C(F)(F)F)cc4)c(-c4ccc(C(F)(F)F)cc4)cc3nc21. The van der Waals surface area contributed by atoms with Gasteiger partial charge in [-0.15, -0.1) is 0 Å². The van der Waals surface area contributed by atoms with E-state index in [2.05, 4.69) is 4.85 Å². The summed E-state index contributed by atoms with van der Waals surface area (Å²) in [5.41, 5.74) is 2.81. The highest BCUT2D eigenvalue weighted by Gasteiger charge is 2.32. The van der Waals surface area contributed by atoms with Crippen LogP contribution >= 0.6 is 0 Å². The van der Waals surface area contributed by atoms with Crippen molar-refractivity contribution in [2.75, 3.05) is 0 Å². The van der Waals surface area contributed by atoms with Crippen LogP contribution in [0.5, 0.6) is 0 Å². The van der Waals surface area contributed by atoms with Crippen molar-refractivity contribution < 1.29 is 26.3 Å². The van der Waals surface area contributed by atoms with Crippen LogP contribution in [-0.2, 0) is 12.4 Å². The normalized spacial score (nSPS) is 13.7. The fourth-order valence-electron chi connectivity index (χ4n) is 5.03.